The first-order chi connectivity index (χ1) is 15.7. The van der Waals surface area contributed by atoms with Gasteiger partial charge in [-0.2, -0.15) is 0 Å². The van der Waals surface area contributed by atoms with E-state index in [0.717, 1.165) is 23.7 Å². The Hall–Kier alpha value is -3.31. The van der Waals surface area contributed by atoms with Crippen LogP contribution in [0.4, 0.5) is 5.69 Å². The highest BCUT2D eigenvalue weighted by atomic mass is 32.2. The zero-order valence-corrected chi connectivity index (χ0v) is 19.3. The fourth-order valence-corrected chi connectivity index (χ4v) is 5.60. The molecule has 1 aliphatic rings. The van der Waals surface area contributed by atoms with Crippen LogP contribution in [-0.2, 0) is 6.54 Å². The summed E-state index contributed by atoms with van der Waals surface area (Å²) >= 11 is 1.93. The van der Waals surface area contributed by atoms with Crippen molar-refractivity contribution in [3.63, 3.8) is 0 Å². The Kier molecular flexibility index (Phi) is 5.58. The molecule has 1 aromatic heterocycles. The van der Waals surface area contributed by atoms with Gasteiger partial charge in [-0.05, 0) is 42.0 Å². The third-order valence-corrected chi connectivity index (χ3v) is 7.27. The van der Waals surface area contributed by atoms with E-state index in [9.17, 15) is 0 Å². The minimum absolute atomic E-state index is 0.270. The molecular formula is C27H26N2O2S. The summed E-state index contributed by atoms with van der Waals surface area (Å²) in [7, 11) is 5.44. The second-order valence-electron chi connectivity index (χ2n) is 7.86. The minimum atomic E-state index is 0.270. The molecule has 4 nitrogen and oxygen atoms in total. The van der Waals surface area contributed by atoms with Gasteiger partial charge in [-0.25, -0.2) is 0 Å². The van der Waals surface area contributed by atoms with Crippen LogP contribution in [0.2, 0.25) is 0 Å². The van der Waals surface area contributed by atoms with E-state index in [-0.39, 0.29) is 5.25 Å². The van der Waals surface area contributed by atoms with E-state index < -0.39 is 0 Å². The Morgan fingerprint density at radius 3 is 2.38 bits per heavy atom. The van der Waals surface area contributed by atoms with Crippen molar-refractivity contribution in [2.24, 2.45) is 0 Å². The Morgan fingerprint density at radius 1 is 0.844 bits per heavy atom. The van der Waals surface area contributed by atoms with Crippen LogP contribution in [0.15, 0.2) is 89.8 Å². The van der Waals surface area contributed by atoms with Gasteiger partial charge in [0.2, 0.25) is 0 Å². The fourth-order valence-electron chi connectivity index (χ4n) is 4.31. The molecule has 3 aromatic carbocycles. The predicted molar refractivity (Wildman–Crippen MR) is 132 cm³/mol. The Balaban J connectivity index is 1.53. The van der Waals surface area contributed by atoms with Gasteiger partial charge in [0.1, 0.15) is 0 Å². The van der Waals surface area contributed by atoms with Crippen molar-refractivity contribution >= 4 is 17.4 Å². The van der Waals surface area contributed by atoms with Gasteiger partial charge in [-0.3, -0.25) is 0 Å². The number of nitrogens with zero attached hydrogens (tertiary/aromatic N) is 2. The molecule has 1 atom stereocenters. The number of benzene rings is 3. The van der Waals surface area contributed by atoms with Crippen LogP contribution < -0.4 is 14.4 Å². The van der Waals surface area contributed by atoms with E-state index >= 15 is 0 Å². The summed E-state index contributed by atoms with van der Waals surface area (Å²) in [5.74, 6) is 1.47. The lowest BCUT2D eigenvalue weighted by Gasteiger charge is -2.29. The largest absolute Gasteiger partial charge is 0.493 e. The summed E-state index contributed by atoms with van der Waals surface area (Å²) in [6.07, 6.45) is 0. The first-order valence-corrected chi connectivity index (χ1v) is 11.5. The summed E-state index contributed by atoms with van der Waals surface area (Å²) in [6.45, 7) is 0.774. The number of methoxy groups -OCH3 is 2. The molecule has 0 N–H and O–H groups in total. The second-order valence-corrected chi connectivity index (χ2v) is 9.00. The van der Waals surface area contributed by atoms with E-state index in [1.165, 1.54) is 27.5 Å². The average Bonchev–Trinajstić information content (AvgIpc) is 3.27. The summed E-state index contributed by atoms with van der Waals surface area (Å²) < 4.78 is 13.3. The van der Waals surface area contributed by atoms with Crippen LogP contribution in [0.5, 0.6) is 11.5 Å². The number of aromatic nitrogens is 1. The third-order valence-electron chi connectivity index (χ3n) is 5.92. The lowest BCUT2D eigenvalue weighted by atomic mass is 10.1. The van der Waals surface area contributed by atoms with E-state index in [4.69, 9.17) is 9.47 Å². The van der Waals surface area contributed by atoms with E-state index in [1.807, 2.05) is 23.9 Å². The highest BCUT2D eigenvalue weighted by Gasteiger charge is 2.28. The van der Waals surface area contributed by atoms with Gasteiger partial charge in [0.15, 0.2) is 11.5 Å². The molecule has 5 heteroatoms. The third kappa shape index (κ3) is 3.63. The second kappa shape index (κ2) is 8.67. The molecule has 4 aromatic rings. The van der Waals surface area contributed by atoms with Gasteiger partial charge in [0.05, 0.1) is 31.7 Å². The van der Waals surface area contributed by atoms with E-state index in [1.54, 1.807) is 14.2 Å². The Labute approximate surface area is 193 Å². The molecule has 32 heavy (non-hydrogen) atoms. The predicted octanol–water partition coefficient (Wildman–Crippen LogP) is 6.33. The number of rotatable bonds is 6. The SMILES string of the molecule is COc1ccc(N(C)Cc2ccc3n2-c2ccccc2S[C@@H]3c2ccccc2)cc1OC. The minimum Gasteiger partial charge on any atom is -0.493 e. The van der Waals surface area contributed by atoms with Crippen molar-refractivity contribution < 1.29 is 9.47 Å². The molecule has 5 rings (SSSR count). The molecule has 0 amide bonds. The summed E-state index contributed by atoms with van der Waals surface area (Å²) in [6, 6.07) is 30.0. The van der Waals surface area contributed by atoms with Gasteiger partial charge in [0.25, 0.3) is 0 Å². The van der Waals surface area contributed by atoms with Crippen molar-refractivity contribution in [3.8, 4) is 17.2 Å². The highest BCUT2D eigenvalue weighted by molar-refractivity contribution is 8.00. The number of para-hydroxylation sites is 1. The zero-order chi connectivity index (χ0) is 22.1. The Bertz CT molecular complexity index is 1240. The molecule has 0 aliphatic carbocycles. The van der Waals surface area contributed by atoms with Crippen molar-refractivity contribution in [1.82, 2.24) is 4.57 Å². The van der Waals surface area contributed by atoms with Gasteiger partial charge >= 0.3 is 0 Å². The van der Waals surface area contributed by atoms with Crippen LogP contribution in [-0.4, -0.2) is 25.8 Å². The number of thioether (sulfide) groups is 1. The van der Waals surface area contributed by atoms with Crippen LogP contribution in [0.25, 0.3) is 5.69 Å². The first kappa shape index (κ1) is 20.6. The molecule has 0 radical (unpaired) electrons. The van der Waals surface area contributed by atoms with E-state index in [0.29, 0.717) is 0 Å². The van der Waals surface area contributed by atoms with Crippen LogP contribution >= 0.6 is 11.8 Å². The standard InChI is InChI=1S/C27H26N2O2S/c1-28(20-14-16-24(30-2)25(17-20)31-3)18-21-13-15-23-27(19-9-5-4-6-10-19)32-26-12-8-7-11-22(26)29(21)23/h4-17,27H,18H2,1-3H3/t27-/m1/s1. The number of fused-ring (bicyclic) bond motifs is 3. The molecule has 0 spiro atoms. The van der Waals surface area contributed by atoms with Crippen molar-refractivity contribution in [2.45, 2.75) is 16.7 Å². The van der Waals surface area contributed by atoms with Crippen LogP contribution in [0.1, 0.15) is 22.2 Å². The summed E-state index contributed by atoms with van der Waals surface area (Å²) in [4.78, 5) is 3.55. The van der Waals surface area contributed by atoms with Gasteiger partial charge in [-0.1, -0.05) is 42.5 Å². The fraction of sp³-hybridized carbons (Fsp3) is 0.185. The smallest absolute Gasteiger partial charge is 0.162 e. The van der Waals surface area contributed by atoms with Crippen molar-refractivity contribution in [1.29, 1.82) is 0 Å². The number of anilines is 1. The summed E-state index contributed by atoms with van der Waals surface area (Å²) in [5.41, 5.74) is 6.23. The molecule has 0 unspecified atom stereocenters. The molecule has 0 bridgehead atoms. The maximum atomic E-state index is 5.50. The molecule has 0 saturated heterocycles. The number of ether oxygens (including phenoxy) is 2. The lowest BCUT2D eigenvalue weighted by molar-refractivity contribution is 0.355. The van der Waals surface area contributed by atoms with Crippen LogP contribution in [0.3, 0.4) is 0 Å². The lowest BCUT2D eigenvalue weighted by Crippen LogP contribution is -2.21. The summed E-state index contributed by atoms with van der Waals surface area (Å²) in [5, 5.41) is 0.270. The quantitative estimate of drug-likeness (QED) is 0.349. The highest BCUT2D eigenvalue weighted by Crippen LogP contribution is 2.48. The molecular weight excluding hydrogens is 416 g/mol. The molecule has 0 saturated carbocycles. The van der Waals surface area contributed by atoms with Gasteiger partial charge in [-0.15, -0.1) is 11.8 Å². The first-order valence-electron chi connectivity index (χ1n) is 10.6. The Morgan fingerprint density at radius 2 is 1.59 bits per heavy atom. The maximum Gasteiger partial charge on any atom is 0.162 e. The molecule has 162 valence electrons. The van der Waals surface area contributed by atoms with Crippen molar-refractivity contribution in [2.75, 3.05) is 26.2 Å². The normalized spacial score (nSPS) is 14.4. The topological polar surface area (TPSA) is 26.6 Å². The van der Waals surface area contributed by atoms with Crippen molar-refractivity contribution in [3.05, 3.63) is 102 Å². The molecule has 0 fully saturated rings. The zero-order valence-electron chi connectivity index (χ0n) is 18.5. The van der Waals surface area contributed by atoms with Gasteiger partial charge < -0.3 is 18.9 Å². The average molecular weight is 443 g/mol. The van der Waals surface area contributed by atoms with E-state index in [2.05, 4.69) is 89.3 Å². The molecule has 2 heterocycles. The number of hydrogen-bond donors (Lipinski definition) is 0. The maximum absolute atomic E-state index is 5.50. The van der Waals surface area contributed by atoms with Gasteiger partial charge in [0, 0.05) is 35.1 Å². The number of hydrogen-bond acceptors (Lipinski definition) is 4. The monoisotopic (exact) mass is 442 g/mol. The molecule has 1 aliphatic heterocycles. The van der Waals surface area contributed by atoms with Crippen LogP contribution in [0, 0.1) is 0 Å².